The molecule has 1 aromatic carbocycles. The Morgan fingerprint density at radius 2 is 1.75 bits per heavy atom. The van der Waals surface area contributed by atoms with E-state index < -0.39 is 28.3 Å². The van der Waals surface area contributed by atoms with Crippen LogP contribution in [0.5, 0.6) is 0 Å². The minimum Gasteiger partial charge on any atom is -0.255 e. The molecule has 0 aliphatic carbocycles. The topological polar surface area (TPSA) is 17.1 Å². The average Bonchev–Trinajstić information content (AvgIpc) is 1.96. The van der Waals surface area contributed by atoms with Gasteiger partial charge in [0, 0.05) is 0 Å². The molecule has 64 valence electrons. The van der Waals surface area contributed by atoms with Gasteiger partial charge in [-0.15, -0.1) is 0 Å². The lowest BCUT2D eigenvalue weighted by atomic mass is 10.2. The highest BCUT2D eigenvalue weighted by atomic mass is 35.5. The lowest BCUT2D eigenvalue weighted by molar-refractivity contribution is 0.0835. The molecular formula is C7H2ClF3O. The second kappa shape index (κ2) is 3.15. The zero-order chi connectivity index (χ0) is 9.30. The highest BCUT2D eigenvalue weighted by molar-refractivity contribution is 6.33. The van der Waals surface area contributed by atoms with Crippen LogP contribution in [-0.4, -0.2) is 6.04 Å². The quantitative estimate of drug-likeness (QED) is 0.496. The highest BCUT2D eigenvalue weighted by Gasteiger charge is 2.13. The van der Waals surface area contributed by atoms with E-state index >= 15 is 0 Å². The van der Waals surface area contributed by atoms with Gasteiger partial charge in [0.05, 0.1) is 10.6 Å². The monoisotopic (exact) mass is 194 g/mol. The van der Waals surface area contributed by atoms with Crippen molar-refractivity contribution in [3.05, 3.63) is 34.4 Å². The first-order chi connectivity index (χ1) is 5.52. The van der Waals surface area contributed by atoms with Crippen molar-refractivity contribution in [2.75, 3.05) is 0 Å². The summed E-state index contributed by atoms with van der Waals surface area (Å²) in [6.07, 6.45) is 0. The van der Waals surface area contributed by atoms with Gasteiger partial charge >= 0.3 is 6.04 Å². The predicted molar refractivity (Wildman–Crippen MR) is 36.8 cm³/mol. The lowest BCUT2D eigenvalue weighted by Gasteiger charge is -1.97. The third-order valence-electron chi connectivity index (χ3n) is 1.22. The Bertz CT molecular complexity index is 338. The first kappa shape index (κ1) is 9.06. The van der Waals surface area contributed by atoms with Crippen LogP contribution in [-0.2, 0) is 0 Å². The fourth-order valence-corrected chi connectivity index (χ4v) is 0.898. The standard InChI is InChI=1S/C7H2ClF3O/c8-4-2-6(10)5(9)1-3(4)7(11)12/h1-2H. The molecule has 0 spiro atoms. The van der Waals surface area contributed by atoms with Crippen molar-refractivity contribution in [2.45, 2.75) is 0 Å². The van der Waals surface area contributed by atoms with Gasteiger partial charge in [0.25, 0.3) is 0 Å². The van der Waals surface area contributed by atoms with E-state index in [1.807, 2.05) is 0 Å². The highest BCUT2D eigenvalue weighted by Crippen LogP contribution is 2.20. The lowest BCUT2D eigenvalue weighted by Crippen LogP contribution is -1.95. The second-order valence-corrected chi connectivity index (χ2v) is 2.43. The van der Waals surface area contributed by atoms with Crippen LogP contribution in [0.4, 0.5) is 13.2 Å². The van der Waals surface area contributed by atoms with Crippen LogP contribution in [0, 0.1) is 11.6 Å². The average molecular weight is 195 g/mol. The molecular weight excluding hydrogens is 193 g/mol. The molecule has 0 saturated carbocycles. The van der Waals surface area contributed by atoms with Crippen LogP contribution in [0.1, 0.15) is 10.4 Å². The van der Waals surface area contributed by atoms with Crippen LogP contribution >= 0.6 is 11.6 Å². The van der Waals surface area contributed by atoms with Crippen molar-refractivity contribution in [1.82, 2.24) is 0 Å². The Kier molecular flexibility index (Phi) is 2.38. The number of halogens is 4. The van der Waals surface area contributed by atoms with Crippen LogP contribution in [0.25, 0.3) is 0 Å². The van der Waals surface area contributed by atoms with Gasteiger partial charge in [-0.2, -0.15) is 4.39 Å². The normalized spacial score (nSPS) is 10.0. The number of carbonyl (C=O) groups is 1. The Morgan fingerprint density at radius 3 is 2.25 bits per heavy atom. The first-order valence-corrected chi connectivity index (χ1v) is 3.24. The number of hydrogen-bond acceptors (Lipinski definition) is 1. The summed E-state index contributed by atoms with van der Waals surface area (Å²) in [5, 5.41) is -0.443. The number of carbonyl (C=O) groups excluding carboxylic acids is 1. The van der Waals surface area contributed by atoms with Crippen LogP contribution in [0.15, 0.2) is 12.1 Å². The molecule has 0 heterocycles. The molecule has 0 saturated heterocycles. The summed E-state index contributed by atoms with van der Waals surface area (Å²) >= 11 is 5.23. The number of hydrogen-bond donors (Lipinski definition) is 0. The minimum atomic E-state index is -1.89. The molecule has 0 amide bonds. The van der Waals surface area contributed by atoms with Gasteiger partial charge < -0.3 is 0 Å². The van der Waals surface area contributed by atoms with Crippen molar-refractivity contribution in [2.24, 2.45) is 0 Å². The molecule has 0 aromatic heterocycles. The second-order valence-electron chi connectivity index (χ2n) is 2.02. The van der Waals surface area contributed by atoms with E-state index in [4.69, 9.17) is 11.6 Å². The Hall–Kier alpha value is -1.03. The molecule has 0 bridgehead atoms. The fraction of sp³-hybridized carbons (Fsp3) is 0. The smallest absolute Gasteiger partial charge is 0.255 e. The van der Waals surface area contributed by atoms with Gasteiger partial charge in [0.15, 0.2) is 11.6 Å². The molecule has 0 fully saturated rings. The van der Waals surface area contributed by atoms with Gasteiger partial charge in [-0.1, -0.05) is 11.6 Å². The summed E-state index contributed by atoms with van der Waals surface area (Å²) in [6, 6.07) is -0.928. The summed E-state index contributed by atoms with van der Waals surface area (Å²) in [5.74, 6) is -2.52. The third-order valence-corrected chi connectivity index (χ3v) is 1.53. The van der Waals surface area contributed by atoms with Gasteiger partial charge in [-0.05, 0) is 12.1 Å². The summed E-state index contributed by atoms with van der Waals surface area (Å²) in [7, 11) is 0. The molecule has 12 heavy (non-hydrogen) atoms. The zero-order valence-electron chi connectivity index (χ0n) is 5.57. The minimum absolute atomic E-state index is 0.417. The van der Waals surface area contributed by atoms with Gasteiger partial charge in [0.1, 0.15) is 0 Å². The van der Waals surface area contributed by atoms with Crippen molar-refractivity contribution >= 4 is 17.6 Å². The fourth-order valence-electron chi connectivity index (χ4n) is 0.673. The van der Waals surface area contributed by atoms with Gasteiger partial charge in [-0.3, -0.25) is 4.79 Å². The van der Waals surface area contributed by atoms with E-state index in [2.05, 4.69) is 0 Å². The van der Waals surface area contributed by atoms with E-state index in [9.17, 15) is 18.0 Å². The van der Waals surface area contributed by atoms with E-state index in [1.165, 1.54) is 0 Å². The van der Waals surface area contributed by atoms with Crippen molar-refractivity contribution in [3.8, 4) is 0 Å². The largest absolute Gasteiger partial charge is 0.333 e. The van der Waals surface area contributed by atoms with Crippen molar-refractivity contribution < 1.29 is 18.0 Å². The molecule has 1 nitrogen and oxygen atoms in total. The molecule has 0 unspecified atom stereocenters. The molecule has 0 N–H and O–H groups in total. The van der Waals surface area contributed by atoms with Crippen molar-refractivity contribution in [1.29, 1.82) is 0 Å². The van der Waals surface area contributed by atoms with Crippen LogP contribution in [0.3, 0.4) is 0 Å². The molecule has 0 radical (unpaired) electrons. The van der Waals surface area contributed by atoms with Gasteiger partial charge in [-0.25, -0.2) is 8.78 Å². The van der Waals surface area contributed by atoms with Crippen molar-refractivity contribution in [3.63, 3.8) is 0 Å². The molecule has 0 aliphatic rings. The van der Waals surface area contributed by atoms with E-state index in [1.54, 1.807) is 0 Å². The zero-order valence-corrected chi connectivity index (χ0v) is 6.33. The van der Waals surface area contributed by atoms with E-state index in [0.717, 1.165) is 0 Å². The summed E-state index contributed by atoms with van der Waals surface area (Å²) in [6.45, 7) is 0. The van der Waals surface area contributed by atoms with E-state index in [-0.39, 0.29) is 0 Å². The maximum absolute atomic E-state index is 12.4. The Balaban J connectivity index is 3.33. The predicted octanol–water partition coefficient (Wildman–Crippen LogP) is 2.73. The van der Waals surface area contributed by atoms with E-state index in [0.29, 0.717) is 12.1 Å². The summed E-state index contributed by atoms with van der Waals surface area (Å²) in [4.78, 5) is 10.1. The first-order valence-electron chi connectivity index (χ1n) is 2.86. The van der Waals surface area contributed by atoms with Gasteiger partial charge in [0.2, 0.25) is 0 Å². The SMILES string of the molecule is O=C(F)c1cc(F)c(F)cc1Cl. The summed E-state index contributed by atoms with van der Waals surface area (Å²) in [5.41, 5.74) is -0.671. The van der Waals surface area contributed by atoms with Crippen LogP contribution < -0.4 is 0 Å². The maximum atomic E-state index is 12.4. The Labute approximate surface area is 70.8 Å². The summed E-state index contributed by atoms with van der Waals surface area (Å²) < 4.78 is 36.7. The number of rotatable bonds is 1. The molecule has 0 aliphatic heterocycles. The molecule has 5 heteroatoms. The molecule has 1 aromatic rings. The molecule has 1 rings (SSSR count). The number of benzene rings is 1. The van der Waals surface area contributed by atoms with Crippen LogP contribution in [0.2, 0.25) is 5.02 Å². The third kappa shape index (κ3) is 1.58. The molecule has 0 atom stereocenters. The Morgan fingerprint density at radius 1 is 1.25 bits per heavy atom. The maximum Gasteiger partial charge on any atom is 0.333 e.